The van der Waals surface area contributed by atoms with Crippen molar-refractivity contribution in [3.63, 3.8) is 0 Å². The average Bonchev–Trinajstić information content (AvgIpc) is 0.722. The first-order chi connectivity index (χ1) is 2.00. The molecule has 0 heterocycles. The molecule has 0 saturated carbocycles. The summed E-state index contributed by atoms with van der Waals surface area (Å²) in [7, 11) is -4.67. The van der Waals surface area contributed by atoms with Gasteiger partial charge in [-0.05, 0) is 0 Å². The van der Waals surface area contributed by atoms with Gasteiger partial charge in [0.1, 0.15) is 0 Å². The van der Waals surface area contributed by atoms with Crippen LogP contribution in [0.4, 0.5) is 0 Å². The predicted octanol–water partition coefficient (Wildman–Crippen LogP) is -1.41. The molecule has 7 heteroatoms. The SMILES string of the molecule is O=S(=O)(O)O.[Al].[Rb]. The molecule has 36 valence electrons. The van der Waals surface area contributed by atoms with Crippen molar-refractivity contribution >= 4 is 85.9 Å². The summed E-state index contributed by atoms with van der Waals surface area (Å²) in [6, 6.07) is 0. The van der Waals surface area contributed by atoms with E-state index in [4.69, 9.17) is 17.5 Å². The molecule has 0 fully saturated rings. The van der Waals surface area contributed by atoms with Gasteiger partial charge in [0.2, 0.25) is 0 Å². The fraction of sp³-hybridized carbons (Fsp3) is 0. The molecule has 0 aliphatic carbocycles. The molecular weight excluding hydrogens is 209 g/mol. The zero-order valence-electron chi connectivity index (χ0n) is 3.70. The van der Waals surface area contributed by atoms with E-state index < -0.39 is 10.4 Å². The molecular formula is H2AlO4RbS. The molecule has 7 heavy (non-hydrogen) atoms. The quantitative estimate of drug-likeness (QED) is 0.380. The van der Waals surface area contributed by atoms with Crippen molar-refractivity contribution in [3.05, 3.63) is 0 Å². The summed E-state index contributed by atoms with van der Waals surface area (Å²) in [5.41, 5.74) is 0. The van der Waals surface area contributed by atoms with E-state index >= 15 is 0 Å². The second kappa shape index (κ2) is 6.33. The molecule has 2 N–H and O–H groups in total. The van der Waals surface area contributed by atoms with Crippen LogP contribution in [0.2, 0.25) is 0 Å². The van der Waals surface area contributed by atoms with Gasteiger partial charge < -0.3 is 0 Å². The van der Waals surface area contributed by atoms with Crippen molar-refractivity contribution in [3.8, 4) is 0 Å². The van der Waals surface area contributed by atoms with Crippen LogP contribution in [-0.2, 0) is 10.4 Å². The maximum atomic E-state index is 8.74. The van der Waals surface area contributed by atoms with Crippen LogP contribution in [0.1, 0.15) is 0 Å². The summed E-state index contributed by atoms with van der Waals surface area (Å²) >= 11 is 0. The van der Waals surface area contributed by atoms with Crippen LogP contribution in [0, 0.1) is 0 Å². The van der Waals surface area contributed by atoms with E-state index in [1.807, 2.05) is 0 Å². The zero-order valence-corrected chi connectivity index (χ0v) is 10.6. The fourth-order valence-corrected chi connectivity index (χ4v) is 0. The molecule has 0 aliphatic heterocycles. The van der Waals surface area contributed by atoms with Gasteiger partial charge in [-0.3, -0.25) is 9.11 Å². The molecule has 0 aromatic rings. The third-order valence-corrected chi connectivity index (χ3v) is 0. The van der Waals surface area contributed by atoms with Gasteiger partial charge in [-0.2, -0.15) is 8.42 Å². The minimum atomic E-state index is -4.67. The Kier molecular flexibility index (Phi) is 14.6. The van der Waals surface area contributed by atoms with Crippen molar-refractivity contribution < 1.29 is 17.5 Å². The van der Waals surface area contributed by atoms with Gasteiger partial charge in [0.15, 0.2) is 0 Å². The first-order valence-corrected chi connectivity index (χ1v) is 2.10. The molecule has 4 radical (unpaired) electrons. The fourth-order valence-electron chi connectivity index (χ4n) is 0. The Hall–Kier alpha value is 2.21. The third-order valence-electron chi connectivity index (χ3n) is 0. The van der Waals surface area contributed by atoms with Crippen molar-refractivity contribution in [2.24, 2.45) is 0 Å². The topological polar surface area (TPSA) is 74.6 Å². The molecule has 4 nitrogen and oxygen atoms in total. The Bertz CT molecular complexity index is 94.9. The van der Waals surface area contributed by atoms with E-state index in [0.29, 0.717) is 0 Å². The Balaban J connectivity index is -0.0000000800. The van der Waals surface area contributed by atoms with E-state index in [1.54, 1.807) is 0 Å². The zero-order chi connectivity index (χ0) is 4.50. The second-order valence-electron chi connectivity index (χ2n) is 0.448. The molecule has 0 atom stereocenters. The molecule has 0 unspecified atom stereocenters. The second-order valence-corrected chi connectivity index (χ2v) is 1.34. The van der Waals surface area contributed by atoms with Crippen LogP contribution in [0.25, 0.3) is 0 Å². The van der Waals surface area contributed by atoms with Crippen LogP contribution in [0.3, 0.4) is 0 Å². The molecule has 0 aliphatic rings. The summed E-state index contributed by atoms with van der Waals surface area (Å²) in [4.78, 5) is 0. The molecule has 0 aromatic heterocycles. The summed E-state index contributed by atoms with van der Waals surface area (Å²) in [5.74, 6) is 0. The summed E-state index contributed by atoms with van der Waals surface area (Å²) < 4.78 is 31.6. The van der Waals surface area contributed by atoms with Crippen molar-refractivity contribution in [2.45, 2.75) is 0 Å². The largest absolute Gasteiger partial charge is 0.394 e. The molecule has 0 bridgehead atoms. The van der Waals surface area contributed by atoms with Crippen LogP contribution in [-0.4, -0.2) is 93.1 Å². The molecule has 0 aromatic carbocycles. The van der Waals surface area contributed by atoms with Crippen LogP contribution >= 0.6 is 0 Å². The van der Waals surface area contributed by atoms with Gasteiger partial charge in [0, 0.05) is 75.5 Å². The molecule has 0 spiro atoms. The molecule has 0 rings (SSSR count). The Morgan fingerprint density at radius 3 is 1.14 bits per heavy atom. The van der Waals surface area contributed by atoms with E-state index in [2.05, 4.69) is 0 Å². The molecule has 0 amide bonds. The van der Waals surface area contributed by atoms with Crippen LogP contribution < -0.4 is 0 Å². The average molecular weight is 211 g/mol. The van der Waals surface area contributed by atoms with E-state index in [0.717, 1.165) is 0 Å². The maximum Gasteiger partial charge on any atom is 0.394 e. The van der Waals surface area contributed by atoms with Crippen molar-refractivity contribution in [1.29, 1.82) is 0 Å². The number of hydrogen-bond acceptors (Lipinski definition) is 2. The van der Waals surface area contributed by atoms with Gasteiger partial charge in [0.05, 0.1) is 0 Å². The van der Waals surface area contributed by atoms with Gasteiger partial charge in [0.25, 0.3) is 0 Å². The van der Waals surface area contributed by atoms with Crippen molar-refractivity contribution in [1.82, 2.24) is 0 Å². The first-order valence-electron chi connectivity index (χ1n) is 0.698. The van der Waals surface area contributed by atoms with Crippen LogP contribution in [0.15, 0.2) is 0 Å². The first kappa shape index (κ1) is 16.1. The number of hydrogen-bond donors (Lipinski definition) is 2. The van der Waals surface area contributed by atoms with Gasteiger partial charge in [-0.15, -0.1) is 0 Å². The van der Waals surface area contributed by atoms with Gasteiger partial charge >= 0.3 is 10.4 Å². The molecule has 0 saturated heterocycles. The summed E-state index contributed by atoms with van der Waals surface area (Å²) in [6.45, 7) is 0. The Morgan fingerprint density at radius 1 is 1.14 bits per heavy atom. The summed E-state index contributed by atoms with van der Waals surface area (Å²) in [5, 5.41) is 0. The van der Waals surface area contributed by atoms with Crippen LogP contribution in [0.5, 0.6) is 0 Å². The van der Waals surface area contributed by atoms with E-state index in [-0.39, 0.29) is 75.5 Å². The Morgan fingerprint density at radius 2 is 1.14 bits per heavy atom. The van der Waals surface area contributed by atoms with Gasteiger partial charge in [-0.25, -0.2) is 0 Å². The minimum absolute atomic E-state index is 0. The monoisotopic (exact) mass is 210 g/mol. The normalized spacial score (nSPS) is 8.29. The predicted molar refractivity (Wildman–Crippen MR) is 25.7 cm³/mol. The van der Waals surface area contributed by atoms with E-state index in [1.165, 1.54) is 0 Å². The minimum Gasteiger partial charge on any atom is -0.264 e. The Labute approximate surface area is 101 Å². The van der Waals surface area contributed by atoms with E-state index in [9.17, 15) is 0 Å². The smallest absolute Gasteiger partial charge is 0.264 e. The van der Waals surface area contributed by atoms with Gasteiger partial charge in [-0.1, -0.05) is 0 Å². The maximum absolute atomic E-state index is 8.74. The summed E-state index contributed by atoms with van der Waals surface area (Å²) in [6.07, 6.45) is 0. The van der Waals surface area contributed by atoms with Crippen molar-refractivity contribution in [2.75, 3.05) is 0 Å². The number of rotatable bonds is 0. The third kappa shape index (κ3) is 64.9. The standard InChI is InChI=1S/Al.H2O4S.Rb/c;1-5(2,3)4;/h;(H2,1,2,3,4);.